The number of rotatable bonds is 3. The van der Waals surface area contributed by atoms with Gasteiger partial charge in [0.25, 0.3) is 0 Å². The molecule has 1 atom stereocenters. The molecule has 3 N–H and O–H groups in total. The standard InChI is InChI=1S/C22H24N4/c1-14-10-11-17(12-19(14)23)21-13-22(25-15(2)24-21)26-20-9-5-7-16-6-3-4-8-18(16)20/h3-4,6,8,10-13,20H,5,7,9,23H2,1-2H3,(H,24,25,26). The summed E-state index contributed by atoms with van der Waals surface area (Å²) in [5, 5.41) is 3.63. The lowest BCUT2D eigenvalue weighted by Gasteiger charge is -2.27. The summed E-state index contributed by atoms with van der Waals surface area (Å²) in [5.74, 6) is 1.63. The first kappa shape index (κ1) is 16.6. The average Bonchev–Trinajstić information content (AvgIpc) is 2.64. The van der Waals surface area contributed by atoms with Gasteiger partial charge >= 0.3 is 0 Å². The maximum absolute atomic E-state index is 6.08. The first-order chi connectivity index (χ1) is 12.6. The number of hydrogen-bond donors (Lipinski definition) is 2. The van der Waals surface area contributed by atoms with Gasteiger partial charge in [0.2, 0.25) is 0 Å². The van der Waals surface area contributed by atoms with E-state index in [1.807, 2.05) is 32.0 Å². The zero-order valence-electron chi connectivity index (χ0n) is 15.3. The second kappa shape index (κ2) is 6.79. The zero-order chi connectivity index (χ0) is 18.1. The molecule has 0 spiro atoms. The molecule has 2 aromatic carbocycles. The predicted octanol–water partition coefficient (Wildman–Crippen LogP) is 4.83. The van der Waals surface area contributed by atoms with Gasteiger partial charge in [0, 0.05) is 17.3 Å². The maximum Gasteiger partial charge on any atom is 0.130 e. The molecule has 0 saturated heterocycles. The largest absolute Gasteiger partial charge is 0.398 e. The van der Waals surface area contributed by atoms with Crippen molar-refractivity contribution in [1.29, 1.82) is 0 Å². The third-order valence-corrected chi connectivity index (χ3v) is 5.10. The first-order valence-electron chi connectivity index (χ1n) is 9.16. The fraction of sp³-hybridized carbons (Fsp3) is 0.273. The van der Waals surface area contributed by atoms with E-state index < -0.39 is 0 Å². The number of nitrogens with two attached hydrogens (primary N) is 1. The smallest absolute Gasteiger partial charge is 0.130 e. The molecule has 1 heterocycles. The maximum atomic E-state index is 6.08. The van der Waals surface area contributed by atoms with Crippen LogP contribution in [0.15, 0.2) is 48.5 Å². The number of benzene rings is 2. The normalized spacial score (nSPS) is 16.2. The van der Waals surface area contributed by atoms with E-state index >= 15 is 0 Å². The van der Waals surface area contributed by atoms with Crippen molar-refractivity contribution in [3.8, 4) is 11.3 Å². The van der Waals surface area contributed by atoms with Crippen molar-refractivity contribution in [1.82, 2.24) is 9.97 Å². The summed E-state index contributed by atoms with van der Waals surface area (Å²) in [7, 11) is 0. The summed E-state index contributed by atoms with van der Waals surface area (Å²) in [6.45, 7) is 3.94. The van der Waals surface area contributed by atoms with Crippen LogP contribution < -0.4 is 11.1 Å². The molecular formula is C22H24N4. The van der Waals surface area contributed by atoms with Crippen molar-refractivity contribution in [2.45, 2.75) is 39.2 Å². The van der Waals surface area contributed by atoms with Crippen LogP contribution >= 0.6 is 0 Å². The first-order valence-corrected chi connectivity index (χ1v) is 9.16. The van der Waals surface area contributed by atoms with Crippen LogP contribution in [0.2, 0.25) is 0 Å². The van der Waals surface area contributed by atoms with Crippen molar-refractivity contribution < 1.29 is 0 Å². The minimum atomic E-state index is 0.296. The Labute approximate surface area is 154 Å². The van der Waals surface area contributed by atoms with E-state index in [9.17, 15) is 0 Å². The molecule has 0 radical (unpaired) electrons. The predicted molar refractivity (Wildman–Crippen MR) is 107 cm³/mol. The molecule has 1 aromatic heterocycles. The molecule has 0 bridgehead atoms. The topological polar surface area (TPSA) is 63.8 Å². The molecule has 0 aliphatic heterocycles. The Morgan fingerprint density at radius 1 is 1.04 bits per heavy atom. The molecule has 0 fully saturated rings. The molecule has 1 unspecified atom stereocenters. The number of nitrogens with zero attached hydrogens (tertiary/aromatic N) is 2. The number of aryl methyl sites for hydroxylation is 3. The van der Waals surface area contributed by atoms with Crippen molar-refractivity contribution >= 4 is 11.5 Å². The number of anilines is 2. The summed E-state index contributed by atoms with van der Waals surface area (Å²) < 4.78 is 0. The van der Waals surface area contributed by atoms with Crippen molar-refractivity contribution in [2.24, 2.45) is 0 Å². The van der Waals surface area contributed by atoms with Crippen LogP contribution in [0.25, 0.3) is 11.3 Å². The van der Waals surface area contributed by atoms with Gasteiger partial charge < -0.3 is 11.1 Å². The average molecular weight is 344 g/mol. The fourth-order valence-corrected chi connectivity index (χ4v) is 3.67. The molecule has 0 saturated carbocycles. The number of hydrogen-bond acceptors (Lipinski definition) is 4. The molecule has 1 aliphatic rings. The van der Waals surface area contributed by atoms with Gasteiger partial charge in [-0.1, -0.05) is 36.4 Å². The monoisotopic (exact) mass is 344 g/mol. The van der Waals surface area contributed by atoms with Crippen LogP contribution in [0, 0.1) is 13.8 Å². The minimum absolute atomic E-state index is 0.296. The van der Waals surface area contributed by atoms with Crippen molar-refractivity contribution in [2.75, 3.05) is 11.1 Å². The molecule has 0 amide bonds. The summed E-state index contributed by atoms with van der Waals surface area (Å²) in [5.41, 5.74) is 12.7. The number of fused-ring (bicyclic) bond motifs is 1. The van der Waals surface area contributed by atoms with Crippen molar-refractivity contribution in [3.05, 3.63) is 71.0 Å². The molecule has 3 aromatic rings. The number of aromatic nitrogens is 2. The lowest BCUT2D eigenvalue weighted by Crippen LogP contribution is -2.18. The van der Waals surface area contributed by atoms with E-state index in [1.54, 1.807) is 0 Å². The third-order valence-electron chi connectivity index (χ3n) is 5.10. The number of nitrogen functional groups attached to an aromatic ring is 1. The van der Waals surface area contributed by atoms with Gasteiger partial charge in [0.15, 0.2) is 0 Å². The molecule has 26 heavy (non-hydrogen) atoms. The van der Waals surface area contributed by atoms with E-state index in [1.165, 1.54) is 17.5 Å². The molecule has 4 nitrogen and oxygen atoms in total. The molecule has 132 valence electrons. The van der Waals surface area contributed by atoms with Gasteiger partial charge in [-0.2, -0.15) is 0 Å². The third kappa shape index (κ3) is 3.27. The van der Waals surface area contributed by atoms with E-state index in [2.05, 4.69) is 45.6 Å². The Balaban J connectivity index is 1.66. The van der Waals surface area contributed by atoms with Crippen LogP contribution in [0.1, 0.15) is 41.4 Å². The van der Waals surface area contributed by atoms with Crippen LogP contribution in [-0.4, -0.2) is 9.97 Å². The second-order valence-electron chi connectivity index (χ2n) is 7.04. The Kier molecular flexibility index (Phi) is 4.33. The Morgan fingerprint density at radius 3 is 2.73 bits per heavy atom. The number of nitrogens with one attached hydrogen (secondary N) is 1. The van der Waals surface area contributed by atoms with Crippen LogP contribution in [0.5, 0.6) is 0 Å². The van der Waals surface area contributed by atoms with Gasteiger partial charge in [-0.25, -0.2) is 9.97 Å². The van der Waals surface area contributed by atoms with E-state index in [0.717, 1.165) is 47.0 Å². The van der Waals surface area contributed by atoms with Crippen LogP contribution in [0.4, 0.5) is 11.5 Å². The summed E-state index contributed by atoms with van der Waals surface area (Å²) in [4.78, 5) is 9.22. The molecular weight excluding hydrogens is 320 g/mol. The summed E-state index contributed by atoms with van der Waals surface area (Å²) >= 11 is 0. The lowest BCUT2D eigenvalue weighted by atomic mass is 9.88. The highest BCUT2D eigenvalue weighted by molar-refractivity contribution is 5.68. The van der Waals surface area contributed by atoms with Gasteiger partial charge in [0.05, 0.1) is 11.7 Å². The highest BCUT2D eigenvalue weighted by atomic mass is 15.0. The quantitative estimate of drug-likeness (QED) is 0.668. The zero-order valence-corrected chi connectivity index (χ0v) is 15.3. The summed E-state index contributed by atoms with van der Waals surface area (Å²) in [6, 6.07) is 17.1. The Morgan fingerprint density at radius 2 is 1.88 bits per heavy atom. The van der Waals surface area contributed by atoms with Gasteiger partial charge in [-0.05, 0) is 55.9 Å². The van der Waals surface area contributed by atoms with Gasteiger partial charge in [-0.3, -0.25) is 0 Å². The molecule has 4 heteroatoms. The van der Waals surface area contributed by atoms with Crippen molar-refractivity contribution in [3.63, 3.8) is 0 Å². The highest BCUT2D eigenvalue weighted by Gasteiger charge is 2.20. The molecule has 1 aliphatic carbocycles. The van der Waals surface area contributed by atoms with Crippen LogP contribution in [-0.2, 0) is 6.42 Å². The molecule has 4 rings (SSSR count). The lowest BCUT2D eigenvalue weighted by molar-refractivity contribution is 0.598. The SMILES string of the molecule is Cc1nc(NC2CCCc3ccccc32)cc(-c2ccc(C)c(N)c2)n1. The minimum Gasteiger partial charge on any atom is -0.398 e. The van der Waals surface area contributed by atoms with E-state index in [0.29, 0.717) is 6.04 Å². The second-order valence-corrected chi connectivity index (χ2v) is 7.04. The Bertz CT molecular complexity index is 949. The highest BCUT2D eigenvalue weighted by Crippen LogP contribution is 2.33. The Hall–Kier alpha value is -2.88. The van der Waals surface area contributed by atoms with Gasteiger partial charge in [-0.15, -0.1) is 0 Å². The van der Waals surface area contributed by atoms with Gasteiger partial charge in [0.1, 0.15) is 11.6 Å². The summed E-state index contributed by atoms with van der Waals surface area (Å²) in [6.07, 6.45) is 3.47. The van der Waals surface area contributed by atoms with E-state index in [-0.39, 0.29) is 0 Å². The van der Waals surface area contributed by atoms with Crippen LogP contribution in [0.3, 0.4) is 0 Å². The van der Waals surface area contributed by atoms with E-state index in [4.69, 9.17) is 5.73 Å². The fourth-order valence-electron chi connectivity index (χ4n) is 3.67.